The van der Waals surface area contributed by atoms with Crippen LogP contribution in [-0.4, -0.2) is 36.3 Å². The Morgan fingerprint density at radius 2 is 1.96 bits per heavy atom. The highest BCUT2D eigenvalue weighted by Gasteiger charge is 2.20. The minimum Gasteiger partial charge on any atom is -0.457 e. The smallest absolute Gasteiger partial charge is 0.239 e. The van der Waals surface area contributed by atoms with Crippen LogP contribution < -0.4 is 10.1 Å². The number of piperazine rings is 1. The number of benzene rings is 2. The van der Waals surface area contributed by atoms with E-state index in [1.807, 2.05) is 24.3 Å². The molecule has 5 nitrogen and oxygen atoms in total. The quantitative estimate of drug-likeness (QED) is 0.908. The summed E-state index contributed by atoms with van der Waals surface area (Å²) in [4.78, 5) is 25.1. The molecule has 25 heavy (non-hydrogen) atoms. The van der Waals surface area contributed by atoms with E-state index >= 15 is 0 Å². The number of aryl methyl sites for hydroxylation is 1. The Balaban J connectivity index is 1.57. The molecule has 0 unspecified atom stereocenters. The van der Waals surface area contributed by atoms with Crippen molar-refractivity contribution in [3.63, 3.8) is 0 Å². The summed E-state index contributed by atoms with van der Waals surface area (Å²) in [5.74, 6) is 0.725. The molecule has 2 aromatic carbocycles. The van der Waals surface area contributed by atoms with Gasteiger partial charge in [0, 0.05) is 19.5 Å². The lowest BCUT2D eigenvalue weighted by atomic mass is 10.1. The van der Waals surface area contributed by atoms with Crippen molar-refractivity contribution >= 4 is 11.8 Å². The summed E-state index contributed by atoms with van der Waals surface area (Å²) < 4.78 is 18.6. The highest BCUT2D eigenvalue weighted by atomic mass is 19.1. The molecule has 2 amide bonds. The molecule has 1 aliphatic rings. The number of ether oxygens (including phenoxy) is 1. The van der Waals surface area contributed by atoms with Gasteiger partial charge < -0.3 is 15.0 Å². The number of carbonyl (C=O) groups excluding carboxylic acids is 2. The Bertz CT molecular complexity index is 762. The van der Waals surface area contributed by atoms with E-state index in [-0.39, 0.29) is 24.2 Å². The minimum absolute atomic E-state index is 0.0280. The van der Waals surface area contributed by atoms with Crippen molar-refractivity contribution in [2.24, 2.45) is 0 Å². The van der Waals surface area contributed by atoms with Crippen molar-refractivity contribution in [3.05, 3.63) is 59.9 Å². The van der Waals surface area contributed by atoms with E-state index in [1.54, 1.807) is 17.0 Å². The van der Waals surface area contributed by atoms with Gasteiger partial charge in [0.05, 0.1) is 6.54 Å². The van der Waals surface area contributed by atoms with Crippen molar-refractivity contribution < 1.29 is 18.7 Å². The largest absolute Gasteiger partial charge is 0.457 e. The topological polar surface area (TPSA) is 58.6 Å². The first-order valence-electron chi connectivity index (χ1n) is 8.17. The first kappa shape index (κ1) is 17.0. The molecule has 0 radical (unpaired) electrons. The van der Waals surface area contributed by atoms with Crippen molar-refractivity contribution in [3.8, 4) is 11.5 Å². The molecule has 0 bridgehead atoms. The lowest BCUT2D eigenvalue weighted by molar-refractivity contribution is -0.138. The average molecular weight is 342 g/mol. The third-order valence-corrected chi connectivity index (χ3v) is 3.97. The van der Waals surface area contributed by atoms with E-state index in [2.05, 4.69) is 5.32 Å². The second kappa shape index (κ2) is 7.79. The Morgan fingerprint density at radius 3 is 2.72 bits per heavy atom. The van der Waals surface area contributed by atoms with Crippen molar-refractivity contribution in [1.29, 1.82) is 0 Å². The number of nitrogens with zero attached hydrogens (tertiary/aromatic N) is 1. The van der Waals surface area contributed by atoms with Crippen LogP contribution in [0.1, 0.15) is 12.0 Å². The molecule has 2 aromatic rings. The molecule has 6 heteroatoms. The zero-order valence-electron chi connectivity index (χ0n) is 13.7. The molecular weight excluding hydrogens is 323 g/mol. The van der Waals surface area contributed by atoms with Crippen LogP contribution in [0, 0.1) is 5.82 Å². The Labute approximate surface area is 145 Å². The van der Waals surface area contributed by atoms with Crippen LogP contribution in [0.4, 0.5) is 4.39 Å². The SMILES string of the molecule is O=C1CN(C(=O)CCc2cccc(Oc3ccc(F)cc3)c2)CCN1. The first-order chi connectivity index (χ1) is 12.1. The summed E-state index contributed by atoms with van der Waals surface area (Å²) in [6.07, 6.45) is 0.908. The number of hydrogen-bond donors (Lipinski definition) is 1. The summed E-state index contributed by atoms with van der Waals surface area (Å²) in [7, 11) is 0. The van der Waals surface area contributed by atoms with E-state index in [4.69, 9.17) is 4.74 Å². The molecule has 0 aromatic heterocycles. The average Bonchev–Trinajstić information content (AvgIpc) is 2.62. The fraction of sp³-hybridized carbons (Fsp3) is 0.263. The van der Waals surface area contributed by atoms with Gasteiger partial charge in [-0.25, -0.2) is 4.39 Å². The van der Waals surface area contributed by atoms with Gasteiger partial charge in [-0.3, -0.25) is 9.59 Å². The predicted octanol–water partition coefficient (Wildman–Crippen LogP) is 2.51. The number of rotatable bonds is 5. The Morgan fingerprint density at radius 1 is 1.16 bits per heavy atom. The fourth-order valence-electron chi connectivity index (χ4n) is 2.66. The molecule has 1 N–H and O–H groups in total. The summed E-state index contributed by atoms with van der Waals surface area (Å²) in [5, 5.41) is 2.70. The normalized spacial score (nSPS) is 14.1. The predicted molar refractivity (Wildman–Crippen MR) is 90.8 cm³/mol. The number of hydrogen-bond acceptors (Lipinski definition) is 3. The van der Waals surface area contributed by atoms with Gasteiger partial charge in [0.2, 0.25) is 11.8 Å². The number of nitrogens with one attached hydrogen (secondary N) is 1. The van der Waals surface area contributed by atoms with Gasteiger partial charge in [-0.1, -0.05) is 12.1 Å². The molecule has 1 aliphatic heterocycles. The van der Waals surface area contributed by atoms with E-state index < -0.39 is 0 Å². The number of halogens is 1. The molecular formula is C19H19FN2O3. The maximum atomic E-state index is 12.9. The molecule has 0 saturated carbocycles. The third kappa shape index (κ3) is 4.79. The zero-order valence-corrected chi connectivity index (χ0v) is 13.7. The molecule has 0 aliphatic carbocycles. The van der Waals surface area contributed by atoms with Gasteiger partial charge in [-0.15, -0.1) is 0 Å². The monoisotopic (exact) mass is 342 g/mol. The van der Waals surface area contributed by atoms with Crippen LogP contribution in [0.5, 0.6) is 11.5 Å². The lowest BCUT2D eigenvalue weighted by Crippen LogP contribution is -2.50. The van der Waals surface area contributed by atoms with Crippen molar-refractivity contribution in [2.45, 2.75) is 12.8 Å². The van der Waals surface area contributed by atoms with E-state index in [9.17, 15) is 14.0 Å². The fourth-order valence-corrected chi connectivity index (χ4v) is 2.66. The highest BCUT2D eigenvalue weighted by molar-refractivity contribution is 5.85. The Hall–Kier alpha value is -2.89. The second-order valence-corrected chi connectivity index (χ2v) is 5.87. The zero-order chi connectivity index (χ0) is 17.6. The molecule has 3 rings (SSSR count). The third-order valence-electron chi connectivity index (χ3n) is 3.97. The van der Waals surface area contributed by atoms with Crippen LogP contribution in [-0.2, 0) is 16.0 Å². The molecule has 0 spiro atoms. The standard InChI is InChI=1S/C19H19FN2O3/c20-15-5-7-16(8-6-15)25-17-3-1-2-14(12-17)4-9-19(24)22-11-10-21-18(23)13-22/h1-3,5-8,12H,4,9-11,13H2,(H,21,23). The summed E-state index contributed by atoms with van der Waals surface area (Å²) in [5.41, 5.74) is 0.967. The molecule has 1 saturated heterocycles. The number of amides is 2. The summed E-state index contributed by atoms with van der Waals surface area (Å²) in [6, 6.07) is 13.3. The first-order valence-corrected chi connectivity index (χ1v) is 8.17. The summed E-state index contributed by atoms with van der Waals surface area (Å²) in [6.45, 7) is 1.19. The van der Waals surface area contributed by atoms with Crippen LogP contribution in [0.15, 0.2) is 48.5 Å². The lowest BCUT2D eigenvalue weighted by Gasteiger charge is -2.26. The molecule has 1 fully saturated rings. The minimum atomic E-state index is -0.314. The maximum absolute atomic E-state index is 12.9. The highest BCUT2D eigenvalue weighted by Crippen LogP contribution is 2.23. The number of carbonyl (C=O) groups is 2. The van der Waals surface area contributed by atoms with E-state index in [0.717, 1.165) is 5.56 Å². The van der Waals surface area contributed by atoms with Gasteiger partial charge >= 0.3 is 0 Å². The Kier molecular flexibility index (Phi) is 5.28. The van der Waals surface area contributed by atoms with E-state index in [0.29, 0.717) is 37.4 Å². The molecule has 1 heterocycles. The van der Waals surface area contributed by atoms with Crippen molar-refractivity contribution in [1.82, 2.24) is 10.2 Å². The van der Waals surface area contributed by atoms with Crippen LogP contribution in [0.25, 0.3) is 0 Å². The molecule has 130 valence electrons. The van der Waals surface area contributed by atoms with E-state index in [1.165, 1.54) is 12.1 Å². The van der Waals surface area contributed by atoms with Crippen molar-refractivity contribution in [2.75, 3.05) is 19.6 Å². The van der Waals surface area contributed by atoms with Gasteiger partial charge in [0.1, 0.15) is 17.3 Å². The van der Waals surface area contributed by atoms with Crippen LogP contribution in [0.3, 0.4) is 0 Å². The van der Waals surface area contributed by atoms with Gasteiger partial charge in [-0.05, 0) is 48.4 Å². The van der Waals surface area contributed by atoms with Gasteiger partial charge in [-0.2, -0.15) is 0 Å². The van der Waals surface area contributed by atoms with Crippen LogP contribution >= 0.6 is 0 Å². The van der Waals surface area contributed by atoms with Gasteiger partial charge in [0.15, 0.2) is 0 Å². The van der Waals surface area contributed by atoms with Gasteiger partial charge in [0.25, 0.3) is 0 Å². The maximum Gasteiger partial charge on any atom is 0.239 e. The second-order valence-electron chi connectivity index (χ2n) is 5.87. The summed E-state index contributed by atoms with van der Waals surface area (Å²) >= 11 is 0. The van der Waals surface area contributed by atoms with Crippen LogP contribution in [0.2, 0.25) is 0 Å². The molecule has 0 atom stereocenters.